The number of halogens is 2. The summed E-state index contributed by atoms with van der Waals surface area (Å²) in [6.45, 7) is 1.69. The molecule has 2 N–H and O–H groups in total. The number of thiocarbonyl (C=S) groups is 1. The number of nitrogens with one attached hydrogen (secondary N) is 2. The van der Waals surface area contributed by atoms with Gasteiger partial charge in [-0.3, -0.25) is 5.32 Å². The van der Waals surface area contributed by atoms with Gasteiger partial charge in [-0.15, -0.1) is 0 Å². The molecule has 1 rings (SSSR count). The van der Waals surface area contributed by atoms with Crippen molar-refractivity contribution in [3.05, 3.63) is 35.4 Å². The zero-order valence-electron chi connectivity index (χ0n) is 9.63. The van der Waals surface area contributed by atoms with Gasteiger partial charge >= 0.3 is 6.09 Å². The number of carbonyl (C=O) groups excluding carboxylic acids is 1. The van der Waals surface area contributed by atoms with E-state index in [9.17, 15) is 13.6 Å². The number of alkyl carbamates (subject to hydrolysis) is 1. The second kappa shape index (κ2) is 6.85. The smallest absolute Gasteiger partial charge is 0.413 e. The van der Waals surface area contributed by atoms with E-state index in [1.807, 2.05) is 0 Å². The third-order valence-corrected chi connectivity index (χ3v) is 2.22. The van der Waals surface area contributed by atoms with Gasteiger partial charge in [0.05, 0.1) is 6.61 Å². The predicted octanol–water partition coefficient (Wildman–Crippen LogP) is 2.09. The van der Waals surface area contributed by atoms with Crippen molar-refractivity contribution in [2.24, 2.45) is 0 Å². The fraction of sp³-hybridized carbons (Fsp3) is 0.273. The van der Waals surface area contributed by atoms with Crippen LogP contribution in [0.4, 0.5) is 13.6 Å². The Hall–Kier alpha value is -1.76. The van der Waals surface area contributed by atoms with E-state index in [1.54, 1.807) is 6.92 Å². The summed E-state index contributed by atoms with van der Waals surface area (Å²) >= 11 is 4.76. The first kappa shape index (κ1) is 14.3. The van der Waals surface area contributed by atoms with Gasteiger partial charge in [-0.2, -0.15) is 0 Å². The number of ether oxygens (including phenoxy) is 1. The molecule has 0 atom stereocenters. The molecule has 4 nitrogen and oxygen atoms in total. The minimum absolute atomic E-state index is 0.0592. The van der Waals surface area contributed by atoms with Crippen LogP contribution in [0, 0.1) is 11.6 Å². The molecule has 0 aliphatic rings. The largest absolute Gasteiger partial charge is 0.450 e. The Morgan fingerprint density at radius 3 is 2.56 bits per heavy atom. The highest BCUT2D eigenvalue weighted by Gasteiger charge is 2.09. The van der Waals surface area contributed by atoms with Crippen LogP contribution in [0.25, 0.3) is 0 Å². The van der Waals surface area contributed by atoms with Crippen molar-refractivity contribution >= 4 is 23.4 Å². The van der Waals surface area contributed by atoms with Gasteiger partial charge in [0.15, 0.2) is 5.11 Å². The van der Waals surface area contributed by atoms with Crippen LogP contribution in [-0.2, 0) is 11.3 Å². The Kier molecular flexibility index (Phi) is 5.44. The van der Waals surface area contributed by atoms with Crippen molar-refractivity contribution in [2.45, 2.75) is 13.5 Å². The first-order chi connectivity index (χ1) is 8.54. The average Bonchev–Trinajstić information content (AvgIpc) is 2.28. The quantitative estimate of drug-likeness (QED) is 0.829. The monoisotopic (exact) mass is 274 g/mol. The lowest BCUT2D eigenvalue weighted by Gasteiger charge is -2.10. The Morgan fingerprint density at radius 1 is 1.39 bits per heavy atom. The molecule has 1 amide bonds. The molecule has 0 aromatic heterocycles. The van der Waals surface area contributed by atoms with Gasteiger partial charge in [-0.1, -0.05) is 6.07 Å². The van der Waals surface area contributed by atoms with Gasteiger partial charge in [0.1, 0.15) is 11.6 Å². The Balaban J connectivity index is 2.50. The van der Waals surface area contributed by atoms with E-state index in [4.69, 9.17) is 12.2 Å². The SMILES string of the molecule is CCOC(=O)NC(=S)NCc1c(F)cccc1F. The Bertz CT molecular complexity index is 434. The second-order valence-corrected chi connectivity index (χ2v) is 3.64. The third-order valence-electron chi connectivity index (χ3n) is 1.98. The lowest BCUT2D eigenvalue weighted by atomic mass is 10.2. The molecular weight excluding hydrogens is 262 g/mol. The highest BCUT2D eigenvalue weighted by atomic mass is 32.1. The number of hydrogen-bond acceptors (Lipinski definition) is 3. The molecule has 0 aliphatic carbocycles. The topological polar surface area (TPSA) is 50.4 Å². The molecule has 0 saturated carbocycles. The summed E-state index contributed by atoms with van der Waals surface area (Å²) in [5.74, 6) is -1.36. The van der Waals surface area contributed by atoms with E-state index in [2.05, 4.69) is 15.4 Å². The number of hydrogen-bond donors (Lipinski definition) is 2. The van der Waals surface area contributed by atoms with Gasteiger partial charge in [0.2, 0.25) is 0 Å². The van der Waals surface area contributed by atoms with Crippen molar-refractivity contribution in [1.82, 2.24) is 10.6 Å². The maximum Gasteiger partial charge on any atom is 0.413 e. The summed E-state index contributed by atoms with van der Waals surface area (Å²) in [5, 5.41) is 4.65. The maximum absolute atomic E-state index is 13.2. The van der Waals surface area contributed by atoms with E-state index in [0.29, 0.717) is 0 Å². The van der Waals surface area contributed by atoms with Crippen LogP contribution < -0.4 is 10.6 Å². The average molecular weight is 274 g/mol. The third kappa shape index (κ3) is 4.25. The fourth-order valence-electron chi connectivity index (χ4n) is 1.17. The molecule has 98 valence electrons. The lowest BCUT2D eigenvalue weighted by molar-refractivity contribution is 0.157. The van der Waals surface area contributed by atoms with Gasteiger partial charge in [-0.05, 0) is 31.3 Å². The van der Waals surface area contributed by atoms with Crippen molar-refractivity contribution in [3.63, 3.8) is 0 Å². The summed E-state index contributed by atoms with van der Waals surface area (Å²) in [5.41, 5.74) is -0.148. The minimum atomic E-state index is -0.719. The zero-order chi connectivity index (χ0) is 13.5. The van der Waals surface area contributed by atoms with Crippen LogP contribution in [0.2, 0.25) is 0 Å². The summed E-state index contributed by atoms with van der Waals surface area (Å²) in [7, 11) is 0. The van der Waals surface area contributed by atoms with Crippen LogP contribution in [-0.4, -0.2) is 17.8 Å². The number of amides is 1. The number of rotatable bonds is 3. The van der Waals surface area contributed by atoms with Crippen molar-refractivity contribution < 1.29 is 18.3 Å². The molecule has 0 radical (unpaired) electrons. The Labute approximate surface area is 108 Å². The molecule has 0 saturated heterocycles. The highest BCUT2D eigenvalue weighted by Crippen LogP contribution is 2.11. The molecule has 1 aromatic carbocycles. The van der Waals surface area contributed by atoms with Crippen LogP contribution in [0.1, 0.15) is 12.5 Å². The highest BCUT2D eigenvalue weighted by molar-refractivity contribution is 7.80. The maximum atomic E-state index is 13.2. The molecule has 18 heavy (non-hydrogen) atoms. The summed E-state index contributed by atoms with van der Waals surface area (Å²) < 4.78 is 31.1. The fourth-order valence-corrected chi connectivity index (χ4v) is 1.33. The van der Waals surface area contributed by atoms with E-state index in [0.717, 1.165) is 12.1 Å². The van der Waals surface area contributed by atoms with E-state index in [-0.39, 0.29) is 23.8 Å². The summed E-state index contributed by atoms with van der Waals surface area (Å²) in [6, 6.07) is 3.55. The summed E-state index contributed by atoms with van der Waals surface area (Å²) in [6.07, 6.45) is -0.719. The van der Waals surface area contributed by atoms with Gasteiger partial charge < -0.3 is 10.1 Å². The number of benzene rings is 1. The van der Waals surface area contributed by atoms with E-state index < -0.39 is 17.7 Å². The molecule has 1 aromatic rings. The molecule has 0 fully saturated rings. The molecule has 0 aliphatic heterocycles. The Morgan fingerprint density at radius 2 is 2.00 bits per heavy atom. The van der Waals surface area contributed by atoms with Crippen molar-refractivity contribution in [2.75, 3.05) is 6.61 Å². The molecular formula is C11H12F2N2O2S. The van der Waals surface area contributed by atoms with Crippen LogP contribution in [0.3, 0.4) is 0 Å². The zero-order valence-corrected chi connectivity index (χ0v) is 10.4. The van der Waals surface area contributed by atoms with E-state index >= 15 is 0 Å². The van der Waals surface area contributed by atoms with Gasteiger partial charge in [0, 0.05) is 12.1 Å². The summed E-state index contributed by atoms with van der Waals surface area (Å²) in [4.78, 5) is 11.0. The first-order valence-electron chi connectivity index (χ1n) is 5.19. The van der Waals surface area contributed by atoms with Crippen LogP contribution in [0.15, 0.2) is 18.2 Å². The predicted molar refractivity (Wildman–Crippen MR) is 66.0 cm³/mol. The molecule has 0 bridgehead atoms. The normalized spacial score (nSPS) is 9.72. The standard InChI is InChI=1S/C11H12F2N2O2S/c1-2-17-11(16)15-10(18)14-6-7-8(12)4-3-5-9(7)13/h3-5H,2,6H2,1H3,(H2,14,15,16,18). The second-order valence-electron chi connectivity index (χ2n) is 3.23. The van der Waals surface area contributed by atoms with Crippen LogP contribution >= 0.6 is 12.2 Å². The lowest BCUT2D eigenvalue weighted by Crippen LogP contribution is -2.39. The minimum Gasteiger partial charge on any atom is -0.450 e. The van der Waals surface area contributed by atoms with Crippen molar-refractivity contribution in [1.29, 1.82) is 0 Å². The van der Waals surface area contributed by atoms with Gasteiger partial charge in [0.25, 0.3) is 0 Å². The molecule has 0 unspecified atom stereocenters. The molecule has 0 spiro atoms. The van der Waals surface area contributed by atoms with E-state index in [1.165, 1.54) is 6.07 Å². The molecule has 0 heterocycles. The first-order valence-corrected chi connectivity index (χ1v) is 5.60. The van der Waals surface area contributed by atoms with Crippen LogP contribution in [0.5, 0.6) is 0 Å². The molecule has 7 heteroatoms. The van der Waals surface area contributed by atoms with Gasteiger partial charge in [-0.25, -0.2) is 13.6 Å². The van der Waals surface area contributed by atoms with Crippen molar-refractivity contribution in [3.8, 4) is 0 Å². The number of carbonyl (C=O) groups is 1.